The predicted molar refractivity (Wildman–Crippen MR) is 50.7 cm³/mol. The molecule has 2 unspecified atom stereocenters. The molecule has 1 aliphatic heterocycles. The van der Waals surface area contributed by atoms with Gasteiger partial charge in [0.2, 0.25) is 0 Å². The van der Waals surface area contributed by atoms with Gasteiger partial charge in [-0.15, -0.1) is 0 Å². The molecule has 2 N–H and O–H groups in total. The van der Waals surface area contributed by atoms with Gasteiger partial charge in [-0.25, -0.2) is 0 Å². The quantitative estimate of drug-likeness (QED) is 0.600. The van der Waals surface area contributed by atoms with E-state index in [0.29, 0.717) is 6.04 Å². The molecule has 1 heterocycles. The maximum Gasteiger partial charge on any atom is 0.0112 e. The van der Waals surface area contributed by atoms with Crippen molar-refractivity contribution in [3.8, 4) is 0 Å². The normalized spacial score (nSPS) is 50.7. The first kappa shape index (κ1) is 7.93. The Morgan fingerprint density at radius 3 is 2.27 bits per heavy atom. The summed E-state index contributed by atoms with van der Waals surface area (Å²) < 4.78 is 0. The Bertz CT molecular complexity index is 134. The number of nitrogens with two attached hydrogens (primary N) is 1. The standard InChI is InChI=1S/C9H17NS/c1-6-2-7-4-11-5-8(3-6)9(7)10/h6-9H,2-5,10H2,1H3. The second-order valence-corrected chi connectivity index (χ2v) is 5.29. The molecule has 2 aliphatic rings. The summed E-state index contributed by atoms with van der Waals surface area (Å²) in [6.45, 7) is 2.38. The molecule has 2 rings (SSSR count). The molecule has 64 valence electrons. The van der Waals surface area contributed by atoms with Crippen LogP contribution in [0.4, 0.5) is 0 Å². The monoisotopic (exact) mass is 171 g/mol. The van der Waals surface area contributed by atoms with E-state index in [9.17, 15) is 0 Å². The third-order valence-corrected chi connectivity index (χ3v) is 4.49. The van der Waals surface area contributed by atoms with Crippen molar-refractivity contribution in [3.05, 3.63) is 0 Å². The molecule has 0 amide bonds. The Morgan fingerprint density at radius 1 is 1.18 bits per heavy atom. The van der Waals surface area contributed by atoms with Gasteiger partial charge in [0.15, 0.2) is 0 Å². The van der Waals surface area contributed by atoms with Crippen LogP contribution in [0.3, 0.4) is 0 Å². The van der Waals surface area contributed by atoms with E-state index < -0.39 is 0 Å². The minimum atomic E-state index is 0.535. The minimum Gasteiger partial charge on any atom is -0.327 e. The van der Waals surface area contributed by atoms with Gasteiger partial charge in [-0.3, -0.25) is 0 Å². The smallest absolute Gasteiger partial charge is 0.0112 e. The molecule has 0 aromatic heterocycles. The molecule has 2 bridgehead atoms. The molecule has 1 saturated heterocycles. The molecular weight excluding hydrogens is 154 g/mol. The van der Waals surface area contributed by atoms with E-state index in [1.54, 1.807) is 0 Å². The van der Waals surface area contributed by atoms with Crippen LogP contribution in [-0.2, 0) is 0 Å². The number of thioether (sulfide) groups is 1. The lowest BCUT2D eigenvalue weighted by molar-refractivity contribution is 0.194. The number of hydrogen-bond acceptors (Lipinski definition) is 2. The minimum absolute atomic E-state index is 0.535. The van der Waals surface area contributed by atoms with Crippen molar-refractivity contribution in [1.29, 1.82) is 0 Å². The molecule has 2 fully saturated rings. The van der Waals surface area contributed by atoms with E-state index in [1.807, 2.05) is 0 Å². The lowest BCUT2D eigenvalue weighted by Gasteiger charge is -2.42. The highest BCUT2D eigenvalue weighted by Gasteiger charge is 2.36. The third-order valence-electron chi connectivity index (χ3n) is 3.16. The summed E-state index contributed by atoms with van der Waals surface area (Å²) in [5.74, 6) is 5.25. The van der Waals surface area contributed by atoms with Gasteiger partial charge in [0.05, 0.1) is 0 Å². The molecule has 1 nitrogen and oxygen atoms in total. The molecule has 0 aromatic carbocycles. The summed E-state index contributed by atoms with van der Waals surface area (Å²) in [7, 11) is 0. The zero-order chi connectivity index (χ0) is 7.84. The summed E-state index contributed by atoms with van der Waals surface area (Å²) in [6.07, 6.45) is 2.76. The molecule has 1 saturated carbocycles. The van der Waals surface area contributed by atoms with Crippen molar-refractivity contribution in [3.63, 3.8) is 0 Å². The average molecular weight is 171 g/mol. The molecule has 0 radical (unpaired) electrons. The highest BCUT2D eigenvalue weighted by molar-refractivity contribution is 7.99. The van der Waals surface area contributed by atoms with Gasteiger partial charge in [-0.05, 0) is 42.1 Å². The summed E-state index contributed by atoms with van der Waals surface area (Å²) in [5.41, 5.74) is 6.13. The van der Waals surface area contributed by atoms with Crippen molar-refractivity contribution in [2.45, 2.75) is 25.8 Å². The van der Waals surface area contributed by atoms with Crippen LogP contribution < -0.4 is 5.73 Å². The Balaban J connectivity index is 2.07. The summed E-state index contributed by atoms with van der Waals surface area (Å²) in [6, 6.07) is 0.535. The van der Waals surface area contributed by atoms with E-state index in [0.717, 1.165) is 17.8 Å². The number of rotatable bonds is 0. The molecular formula is C9H17NS. The number of fused-ring (bicyclic) bond motifs is 2. The van der Waals surface area contributed by atoms with Crippen molar-refractivity contribution >= 4 is 11.8 Å². The van der Waals surface area contributed by atoms with Crippen molar-refractivity contribution in [2.75, 3.05) is 11.5 Å². The average Bonchev–Trinajstić information content (AvgIpc) is 1.92. The van der Waals surface area contributed by atoms with E-state index in [1.165, 1.54) is 24.3 Å². The van der Waals surface area contributed by atoms with Crippen LogP contribution in [0, 0.1) is 17.8 Å². The highest BCUT2D eigenvalue weighted by atomic mass is 32.2. The summed E-state index contributed by atoms with van der Waals surface area (Å²) in [5, 5.41) is 0. The number of hydrogen-bond donors (Lipinski definition) is 1. The van der Waals surface area contributed by atoms with Crippen molar-refractivity contribution in [1.82, 2.24) is 0 Å². The summed E-state index contributed by atoms with van der Waals surface area (Å²) in [4.78, 5) is 0. The van der Waals surface area contributed by atoms with Gasteiger partial charge in [-0.2, -0.15) is 11.8 Å². The molecule has 0 aromatic rings. The lowest BCUT2D eigenvalue weighted by Crippen LogP contribution is -2.47. The summed E-state index contributed by atoms with van der Waals surface area (Å²) >= 11 is 2.11. The zero-order valence-electron chi connectivity index (χ0n) is 7.12. The van der Waals surface area contributed by atoms with E-state index in [4.69, 9.17) is 5.73 Å². The lowest BCUT2D eigenvalue weighted by atomic mass is 9.74. The first-order valence-corrected chi connectivity index (χ1v) is 5.76. The van der Waals surface area contributed by atoms with E-state index >= 15 is 0 Å². The first-order valence-electron chi connectivity index (χ1n) is 4.60. The van der Waals surface area contributed by atoms with Crippen LogP contribution in [-0.4, -0.2) is 17.5 Å². The SMILES string of the molecule is CC1CC2CSCC(C1)C2N. The van der Waals surface area contributed by atoms with Crippen molar-refractivity contribution in [2.24, 2.45) is 23.5 Å². The van der Waals surface area contributed by atoms with Crippen LogP contribution >= 0.6 is 11.8 Å². The van der Waals surface area contributed by atoms with Crippen LogP contribution in [0.5, 0.6) is 0 Å². The van der Waals surface area contributed by atoms with Gasteiger partial charge in [-0.1, -0.05) is 6.92 Å². The van der Waals surface area contributed by atoms with E-state index in [-0.39, 0.29) is 0 Å². The van der Waals surface area contributed by atoms with Crippen LogP contribution in [0.25, 0.3) is 0 Å². The largest absolute Gasteiger partial charge is 0.327 e. The second kappa shape index (κ2) is 2.98. The third kappa shape index (κ3) is 1.43. The zero-order valence-corrected chi connectivity index (χ0v) is 7.94. The van der Waals surface area contributed by atoms with Gasteiger partial charge in [0.25, 0.3) is 0 Å². The van der Waals surface area contributed by atoms with Crippen LogP contribution in [0.15, 0.2) is 0 Å². The van der Waals surface area contributed by atoms with Gasteiger partial charge < -0.3 is 5.73 Å². The van der Waals surface area contributed by atoms with Gasteiger partial charge in [0.1, 0.15) is 0 Å². The van der Waals surface area contributed by atoms with Gasteiger partial charge in [0, 0.05) is 6.04 Å². The molecule has 11 heavy (non-hydrogen) atoms. The fourth-order valence-corrected chi connectivity index (χ4v) is 4.02. The van der Waals surface area contributed by atoms with E-state index in [2.05, 4.69) is 18.7 Å². The highest BCUT2D eigenvalue weighted by Crippen LogP contribution is 2.39. The van der Waals surface area contributed by atoms with Crippen LogP contribution in [0.2, 0.25) is 0 Å². The Kier molecular flexibility index (Phi) is 2.15. The Labute approximate surface area is 73.1 Å². The van der Waals surface area contributed by atoms with Crippen LogP contribution in [0.1, 0.15) is 19.8 Å². The predicted octanol–water partition coefficient (Wildman–Crippen LogP) is 1.72. The molecule has 2 heteroatoms. The first-order chi connectivity index (χ1) is 5.27. The Hall–Kier alpha value is 0.310. The van der Waals surface area contributed by atoms with Gasteiger partial charge >= 0.3 is 0 Å². The maximum absolute atomic E-state index is 6.13. The van der Waals surface area contributed by atoms with Crippen molar-refractivity contribution < 1.29 is 0 Å². The fourth-order valence-electron chi connectivity index (χ4n) is 2.56. The Morgan fingerprint density at radius 2 is 1.73 bits per heavy atom. The molecule has 0 spiro atoms. The topological polar surface area (TPSA) is 26.0 Å². The molecule has 1 aliphatic carbocycles. The maximum atomic E-state index is 6.13. The molecule has 2 atom stereocenters. The fraction of sp³-hybridized carbons (Fsp3) is 1.00. The second-order valence-electron chi connectivity index (χ2n) is 4.21.